The average Bonchev–Trinajstić information content (AvgIpc) is 2.27. The number of hydrogen-bond acceptors (Lipinski definition) is 4. The minimum Gasteiger partial charge on any atom is -0.275 e. The summed E-state index contributed by atoms with van der Waals surface area (Å²) in [7, 11) is -1.03. The molecule has 5 nitrogen and oxygen atoms in total. The third-order valence-electron chi connectivity index (χ3n) is 2.11. The number of sulfone groups is 1. The van der Waals surface area contributed by atoms with Crippen LogP contribution in [-0.4, -0.2) is 39.3 Å². The van der Waals surface area contributed by atoms with Crippen molar-refractivity contribution in [1.29, 1.82) is 0 Å². The zero-order valence-electron chi connectivity index (χ0n) is 9.38. The number of benzene rings is 1. The second-order valence-corrected chi connectivity index (χ2v) is 5.71. The Hall–Kier alpha value is -1.11. The second-order valence-electron chi connectivity index (χ2n) is 3.29. The Balaban J connectivity index is 2.89. The highest BCUT2D eigenvalue weighted by molar-refractivity contribution is 7.92. The molecule has 0 bridgehead atoms. The maximum absolute atomic E-state index is 11.8. The van der Waals surface area contributed by atoms with Crippen LogP contribution in [0.2, 0.25) is 5.02 Å². The van der Waals surface area contributed by atoms with E-state index in [9.17, 15) is 13.2 Å². The van der Waals surface area contributed by atoms with E-state index >= 15 is 0 Å². The van der Waals surface area contributed by atoms with Crippen molar-refractivity contribution in [3.63, 3.8) is 0 Å². The maximum Gasteiger partial charge on any atom is 0.261 e. The van der Waals surface area contributed by atoms with Gasteiger partial charge in [0.1, 0.15) is 5.75 Å². The van der Waals surface area contributed by atoms with Gasteiger partial charge in [0.15, 0.2) is 9.84 Å². The molecule has 1 rings (SSSR count). The first-order chi connectivity index (χ1) is 7.86. The fourth-order valence-corrected chi connectivity index (χ4v) is 2.43. The van der Waals surface area contributed by atoms with Crippen molar-refractivity contribution in [3.8, 4) is 0 Å². The van der Waals surface area contributed by atoms with Crippen molar-refractivity contribution >= 4 is 27.3 Å². The Bertz CT molecular complexity index is 498. The lowest BCUT2D eigenvalue weighted by molar-refractivity contribution is -0.165. The molecule has 0 saturated carbocycles. The quantitative estimate of drug-likeness (QED) is 0.774. The van der Waals surface area contributed by atoms with Crippen LogP contribution in [-0.2, 0) is 19.5 Å². The van der Waals surface area contributed by atoms with Gasteiger partial charge in [-0.25, -0.2) is 13.5 Å². The Labute approximate surface area is 105 Å². The molecule has 0 radical (unpaired) electrons. The lowest BCUT2D eigenvalue weighted by Crippen LogP contribution is -2.31. The molecule has 17 heavy (non-hydrogen) atoms. The van der Waals surface area contributed by atoms with E-state index in [1.54, 1.807) is 0 Å². The highest BCUT2D eigenvalue weighted by Gasteiger charge is 2.21. The summed E-state index contributed by atoms with van der Waals surface area (Å²) in [6.45, 7) is 0. The number of carbonyl (C=O) groups is 1. The van der Waals surface area contributed by atoms with Gasteiger partial charge in [0.2, 0.25) is 0 Å². The minimum absolute atomic E-state index is 0.0553. The first-order valence-corrected chi connectivity index (χ1v) is 6.69. The van der Waals surface area contributed by atoms with E-state index < -0.39 is 21.5 Å². The molecule has 1 aromatic carbocycles. The number of rotatable bonds is 4. The smallest absolute Gasteiger partial charge is 0.261 e. The monoisotopic (exact) mass is 277 g/mol. The van der Waals surface area contributed by atoms with Crippen molar-refractivity contribution in [1.82, 2.24) is 5.06 Å². The predicted molar refractivity (Wildman–Crippen MR) is 63.3 cm³/mol. The molecule has 0 unspecified atom stereocenters. The Morgan fingerprint density at radius 3 is 2.35 bits per heavy atom. The number of amides is 1. The van der Waals surface area contributed by atoms with Gasteiger partial charge in [-0.2, -0.15) is 0 Å². The van der Waals surface area contributed by atoms with Crippen molar-refractivity contribution in [2.45, 2.75) is 4.90 Å². The first kappa shape index (κ1) is 14.0. The number of hydrogen-bond donors (Lipinski definition) is 0. The van der Waals surface area contributed by atoms with E-state index in [1.807, 2.05) is 0 Å². The molecule has 0 aliphatic rings. The van der Waals surface area contributed by atoms with Gasteiger partial charge < -0.3 is 0 Å². The van der Waals surface area contributed by atoms with E-state index in [-0.39, 0.29) is 4.90 Å². The van der Waals surface area contributed by atoms with Gasteiger partial charge in [-0.15, -0.1) is 0 Å². The molecule has 0 N–H and O–H groups in total. The largest absolute Gasteiger partial charge is 0.275 e. The van der Waals surface area contributed by atoms with E-state index in [1.165, 1.54) is 38.4 Å². The SMILES string of the molecule is CON(C)C(=O)CS(=O)(=O)c1ccc(Cl)cc1. The zero-order valence-corrected chi connectivity index (χ0v) is 11.0. The maximum atomic E-state index is 11.8. The van der Waals surface area contributed by atoms with Crippen molar-refractivity contribution < 1.29 is 18.0 Å². The Kier molecular flexibility index (Phi) is 4.50. The summed E-state index contributed by atoms with van der Waals surface area (Å²) in [5.41, 5.74) is 0. The molecule has 0 spiro atoms. The predicted octanol–water partition coefficient (Wildman–Crippen LogP) is 1.13. The molecule has 1 amide bonds. The fraction of sp³-hybridized carbons (Fsp3) is 0.300. The summed E-state index contributed by atoms with van der Waals surface area (Å²) >= 11 is 5.65. The number of hydroxylamine groups is 2. The third-order valence-corrected chi connectivity index (χ3v) is 3.98. The van der Waals surface area contributed by atoms with Crippen LogP contribution in [0.3, 0.4) is 0 Å². The summed E-state index contributed by atoms with van der Waals surface area (Å²) in [5.74, 6) is -1.28. The van der Waals surface area contributed by atoms with Crippen LogP contribution in [0.25, 0.3) is 0 Å². The van der Waals surface area contributed by atoms with E-state index in [4.69, 9.17) is 11.6 Å². The molecular weight excluding hydrogens is 266 g/mol. The molecule has 1 aromatic rings. The summed E-state index contributed by atoms with van der Waals surface area (Å²) in [6, 6.07) is 5.63. The van der Waals surface area contributed by atoms with Gasteiger partial charge in [0.05, 0.1) is 12.0 Å². The number of halogens is 1. The first-order valence-electron chi connectivity index (χ1n) is 4.66. The van der Waals surface area contributed by atoms with Crippen LogP contribution in [0.1, 0.15) is 0 Å². The molecule has 94 valence electrons. The molecule has 7 heteroatoms. The van der Waals surface area contributed by atoms with Crippen molar-refractivity contribution in [2.24, 2.45) is 0 Å². The van der Waals surface area contributed by atoms with Crippen LogP contribution in [0.5, 0.6) is 0 Å². The summed E-state index contributed by atoms with van der Waals surface area (Å²) in [5, 5.41) is 1.30. The molecule has 0 aromatic heterocycles. The van der Waals surface area contributed by atoms with Crippen LogP contribution < -0.4 is 0 Å². The van der Waals surface area contributed by atoms with Crippen LogP contribution in [0.15, 0.2) is 29.2 Å². The van der Waals surface area contributed by atoms with E-state index in [0.717, 1.165) is 5.06 Å². The molecule has 0 fully saturated rings. The minimum atomic E-state index is -3.66. The zero-order chi connectivity index (χ0) is 13.1. The molecular formula is C10H12ClNO4S. The van der Waals surface area contributed by atoms with Crippen molar-refractivity contribution in [2.75, 3.05) is 19.9 Å². The molecule has 0 heterocycles. The lowest BCUT2D eigenvalue weighted by Gasteiger charge is -2.13. The second kappa shape index (κ2) is 5.48. The average molecular weight is 278 g/mol. The summed E-state index contributed by atoms with van der Waals surface area (Å²) in [4.78, 5) is 16.1. The molecule has 0 atom stereocenters. The molecule has 0 aliphatic heterocycles. The molecule has 0 saturated heterocycles. The fourth-order valence-electron chi connectivity index (χ4n) is 1.08. The topological polar surface area (TPSA) is 63.7 Å². The summed E-state index contributed by atoms with van der Waals surface area (Å²) < 4.78 is 23.7. The van der Waals surface area contributed by atoms with Crippen LogP contribution >= 0.6 is 11.6 Å². The van der Waals surface area contributed by atoms with Gasteiger partial charge in [0, 0.05) is 12.1 Å². The molecule has 0 aliphatic carbocycles. The highest BCUT2D eigenvalue weighted by Crippen LogP contribution is 2.15. The van der Waals surface area contributed by atoms with Gasteiger partial charge in [0.25, 0.3) is 5.91 Å². The van der Waals surface area contributed by atoms with E-state index in [0.29, 0.717) is 5.02 Å². The van der Waals surface area contributed by atoms with Gasteiger partial charge in [-0.3, -0.25) is 9.63 Å². The Morgan fingerprint density at radius 1 is 1.35 bits per heavy atom. The number of nitrogens with zero attached hydrogens (tertiary/aromatic N) is 1. The normalized spacial score (nSPS) is 11.2. The Morgan fingerprint density at radius 2 is 1.88 bits per heavy atom. The lowest BCUT2D eigenvalue weighted by atomic mass is 10.4. The van der Waals surface area contributed by atoms with Crippen LogP contribution in [0.4, 0.5) is 0 Å². The van der Waals surface area contributed by atoms with E-state index in [2.05, 4.69) is 4.84 Å². The van der Waals surface area contributed by atoms with Gasteiger partial charge >= 0.3 is 0 Å². The third kappa shape index (κ3) is 3.69. The number of carbonyl (C=O) groups excluding carboxylic acids is 1. The van der Waals surface area contributed by atoms with Crippen LogP contribution in [0, 0.1) is 0 Å². The van der Waals surface area contributed by atoms with Gasteiger partial charge in [-0.1, -0.05) is 11.6 Å². The van der Waals surface area contributed by atoms with Gasteiger partial charge in [-0.05, 0) is 24.3 Å². The highest BCUT2D eigenvalue weighted by atomic mass is 35.5. The van der Waals surface area contributed by atoms with Crippen molar-refractivity contribution in [3.05, 3.63) is 29.3 Å². The standard InChI is InChI=1S/C10H12ClNO4S/c1-12(16-2)10(13)7-17(14,15)9-5-3-8(11)4-6-9/h3-6H,7H2,1-2H3. The summed E-state index contributed by atoms with van der Waals surface area (Å²) in [6.07, 6.45) is 0.